The second-order valence-corrected chi connectivity index (χ2v) is 6.48. The minimum absolute atomic E-state index is 0.0761. The third-order valence-corrected chi connectivity index (χ3v) is 4.61. The van der Waals surface area contributed by atoms with Crippen molar-refractivity contribution < 1.29 is 17.3 Å². The Balaban J connectivity index is 1.79. The van der Waals surface area contributed by atoms with Gasteiger partial charge in [0.15, 0.2) is 0 Å². The van der Waals surface area contributed by atoms with Gasteiger partial charge in [-0.05, 0) is 31.9 Å². The lowest BCUT2D eigenvalue weighted by atomic mass is 10.2. The molecule has 0 bridgehead atoms. The predicted octanol–water partition coefficient (Wildman–Crippen LogP) is 2.66. The Morgan fingerprint density at radius 2 is 1.74 bits per heavy atom. The maximum Gasteiger partial charge on any atom is 0.297 e. The summed E-state index contributed by atoms with van der Waals surface area (Å²) in [6, 6.07) is 6.63. The maximum atomic E-state index is 11.9. The van der Waals surface area contributed by atoms with Gasteiger partial charge in [-0.2, -0.15) is 8.42 Å². The fourth-order valence-corrected chi connectivity index (χ4v) is 3.08. The molecule has 19 heavy (non-hydrogen) atoms. The quantitative estimate of drug-likeness (QED) is 0.595. The van der Waals surface area contributed by atoms with Crippen LogP contribution < -0.4 is 0 Å². The molecule has 0 N–H and O–H groups in total. The summed E-state index contributed by atoms with van der Waals surface area (Å²) in [5, 5.41) is 0. The summed E-state index contributed by atoms with van der Waals surface area (Å²) in [4.78, 5) is 0.193. The van der Waals surface area contributed by atoms with Crippen molar-refractivity contribution in [1.82, 2.24) is 0 Å². The molecule has 0 saturated heterocycles. The second kappa shape index (κ2) is 6.50. The molecule has 0 amide bonds. The summed E-state index contributed by atoms with van der Waals surface area (Å²) in [5.41, 5.74) is 1.02. The monoisotopic (exact) mass is 284 g/mol. The highest BCUT2D eigenvalue weighted by Crippen LogP contribution is 2.20. The van der Waals surface area contributed by atoms with E-state index >= 15 is 0 Å². The molecular formula is C14H20O4S. The van der Waals surface area contributed by atoms with E-state index in [2.05, 4.69) is 0 Å². The van der Waals surface area contributed by atoms with Crippen molar-refractivity contribution in [3.8, 4) is 0 Å². The van der Waals surface area contributed by atoms with Crippen molar-refractivity contribution in [2.45, 2.75) is 43.6 Å². The van der Waals surface area contributed by atoms with Gasteiger partial charge in [-0.3, -0.25) is 4.18 Å². The van der Waals surface area contributed by atoms with Crippen molar-refractivity contribution in [2.75, 3.05) is 13.2 Å². The predicted molar refractivity (Wildman–Crippen MR) is 72.5 cm³/mol. The van der Waals surface area contributed by atoms with Crippen molar-refractivity contribution >= 4 is 10.1 Å². The molecule has 0 heterocycles. The van der Waals surface area contributed by atoms with E-state index in [0.717, 1.165) is 18.4 Å². The van der Waals surface area contributed by atoms with Gasteiger partial charge in [0.1, 0.15) is 0 Å². The molecule has 1 fully saturated rings. The highest BCUT2D eigenvalue weighted by molar-refractivity contribution is 7.86. The molecule has 5 heteroatoms. The molecule has 0 unspecified atom stereocenters. The Labute approximate surface area is 114 Å². The van der Waals surface area contributed by atoms with Crippen molar-refractivity contribution in [2.24, 2.45) is 0 Å². The molecular weight excluding hydrogens is 264 g/mol. The maximum absolute atomic E-state index is 11.9. The lowest BCUT2D eigenvalue weighted by Crippen LogP contribution is -2.15. The lowest BCUT2D eigenvalue weighted by Gasteiger charge is -2.11. The first kappa shape index (κ1) is 14.5. The zero-order chi connectivity index (χ0) is 13.7. The molecule has 2 rings (SSSR count). The molecule has 0 aromatic heterocycles. The van der Waals surface area contributed by atoms with Gasteiger partial charge >= 0.3 is 0 Å². The van der Waals surface area contributed by atoms with Gasteiger partial charge in [0, 0.05) is 0 Å². The molecule has 1 aromatic rings. The van der Waals surface area contributed by atoms with Crippen LogP contribution in [0.4, 0.5) is 0 Å². The van der Waals surface area contributed by atoms with Crippen LogP contribution >= 0.6 is 0 Å². The second-order valence-electron chi connectivity index (χ2n) is 4.87. The minimum Gasteiger partial charge on any atom is -0.376 e. The first-order valence-corrected chi connectivity index (χ1v) is 8.06. The highest BCUT2D eigenvalue weighted by Gasteiger charge is 2.17. The number of rotatable bonds is 6. The van der Waals surface area contributed by atoms with E-state index in [4.69, 9.17) is 8.92 Å². The number of hydrogen-bond donors (Lipinski definition) is 0. The van der Waals surface area contributed by atoms with E-state index in [1.165, 1.54) is 12.8 Å². The van der Waals surface area contributed by atoms with Gasteiger partial charge in [0.25, 0.3) is 10.1 Å². The molecule has 1 aromatic carbocycles. The average molecular weight is 284 g/mol. The van der Waals surface area contributed by atoms with Gasteiger partial charge in [0.05, 0.1) is 24.2 Å². The van der Waals surface area contributed by atoms with Crippen LogP contribution in [0.1, 0.15) is 31.2 Å². The zero-order valence-electron chi connectivity index (χ0n) is 11.2. The molecule has 0 radical (unpaired) electrons. The SMILES string of the molecule is Cc1ccc(S(=O)(=O)OCCOC2CCCC2)cc1. The number of hydrogen-bond acceptors (Lipinski definition) is 4. The topological polar surface area (TPSA) is 52.6 Å². The molecule has 1 aliphatic rings. The average Bonchev–Trinajstić information content (AvgIpc) is 2.88. The Bertz CT molecular complexity index is 487. The fourth-order valence-electron chi connectivity index (χ4n) is 2.19. The first-order chi connectivity index (χ1) is 9.08. The molecule has 0 aliphatic heterocycles. The summed E-state index contributed by atoms with van der Waals surface area (Å²) in [6.07, 6.45) is 4.83. The van der Waals surface area contributed by atoms with Crippen molar-refractivity contribution in [1.29, 1.82) is 0 Å². The van der Waals surface area contributed by atoms with Gasteiger partial charge in [-0.25, -0.2) is 0 Å². The van der Waals surface area contributed by atoms with Crippen molar-refractivity contribution in [3.63, 3.8) is 0 Å². The summed E-state index contributed by atoms with van der Waals surface area (Å²) >= 11 is 0. The van der Waals surface area contributed by atoms with Crippen LogP contribution in [0.3, 0.4) is 0 Å². The Hall–Kier alpha value is -0.910. The summed E-state index contributed by atoms with van der Waals surface area (Å²) in [6.45, 7) is 2.31. The summed E-state index contributed by atoms with van der Waals surface area (Å²) in [5.74, 6) is 0. The molecule has 106 valence electrons. The van der Waals surface area contributed by atoms with E-state index < -0.39 is 10.1 Å². The molecule has 1 aliphatic carbocycles. The van der Waals surface area contributed by atoms with E-state index in [1.54, 1.807) is 24.3 Å². The van der Waals surface area contributed by atoms with Crippen LogP contribution in [0.15, 0.2) is 29.2 Å². The standard InChI is InChI=1S/C14H20O4S/c1-12-6-8-14(9-7-12)19(15,16)18-11-10-17-13-4-2-3-5-13/h6-9,13H,2-5,10-11H2,1H3. The van der Waals surface area contributed by atoms with Crippen LogP contribution in [0.5, 0.6) is 0 Å². The van der Waals surface area contributed by atoms with Crippen LogP contribution in [0.25, 0.3) is 0 Å². The molecule has 0 spiro atoms. The largest absolute Gasteiger partial charge is 0.376 e. The summed E-state index contributed by atoms with van der Waals surface area (Å²) in [7, 11) is -3.65. The first-order valence-electron chi connectivity index (χ1n) is 6.66. The van der Waals surface area contributed by atoms with Crippen LogP contribution in [0, 0.1) is 6.92 Å². The smallest absolute Gasteiger partial charge is 0.297 e. The van der Waals surface area contributed by atoms with E-state index in [9.17, 15) is 8.42 Å². The third kappa shape index (κ3) is 4.30. The molecule has 0 atom stereocenters. The highest BCUT2D eigenvalue weighted by atomic mass is 32.2. The number of aryl methyl sites for hydroxylation is 1. The van der Waals surface area contributed by atoms with Crippen LogP contribution in [-0.4, -0.2) is 27.7 Å². The number of benzene rings is 1. The number of ether oxygens (including phenoxy) is 1. The van der Waals surface area contributed by atoms with Crippen molar-refractivity contribution in [3.05, 3.63) is 29.8 Å². The Morgan fingerprint density at radius 1 is 1.11 bits per heavy atom. The van der Waals surface area contributed by atoms with E-state index in [-0.39, 0.29) is 17.6 Å². The Kier molecular flexibility index (Phi) is 4.96. The van der Waals surface area contributed by atoms with Gasteiger partial charge < -0.3 is 4.74 Å². The van der Waals surface area contributed by atoms with E-state index in [1.807, 2.05) is 6.92 Å². The van der Waals surface area contributed by atoms with Crippen LogP contribution in [0.2, 0.25) is 0 Å². The van der Waals surface area contributed by atoms with Gasteiger partial charge in [-0.15, -0.1) is 0 Å². The normalized spacial score (nSPS) is 16.9. The zero-order valence-corrected chi connectivity index (χ0v) is 12.0. The van der Waals surface area contributed by atoms with Crippen LogP contribution in [-0.2, 0) is 19.0 Å². The third-order valence-electron chi connectivity index (χ3n) is 3.29. The van der Waals surface area contributed by atoms with Gasteiger partial charge in [0.2, 0.25) is 0 Å². The fraction of sp³-hybridized carbons (Fsp3) is 0.571. The van der Waals surface area contributed by atoms with Gasteiger partial charge in [-0.1, -0.05) is 30.5 Å². The minimum atomic E-state index is -3.65. The van der Waals surface area contributed by atoms with E-state index in [0.29, 0.717) is 6.61 Å². The molecule has 4 nitrogen and oxygen atoms in total. The summed E-state index contributed by atoms with van der Waals surface area (Å²) < 4.78 is 34.2. The Morgan fingerprint density at radius 3 is 2.37 bits per heavy atom. The molecule has 1 saturated carbocycles. The lowest BCUT2D eigenvalue weighted by molar-refractivity contribution is 0.0393.